The molecule has 4 nitrogen and oxygen atoms in total. The van der Waals surface area contributed by atoms with E-state index in [4.69, 9.17) is 9.47 Å². The first-order chi connectivity index (χ1) is 14.1. The van der Waals surface area contributed by atoms with Crippen LogP contribution in [0.15, 0.2) is 84.9 Å². The van der Waals surface area contributed by atoms with Crippen LogP contribution in [0.4, 0.5) is 0 Å². The van der Waals surface area contributed by atoms with Gasteiger partial charge < -0.3 is 19.7 Å². The SMILES string of the molecule is COc1cccc(C(O)(c2cccc(OC)c2)c2cc3ccccc3cc2O)c1. The van der Waals surface area contributed by atoms with Crippen molar-refractivity contribution in [1.82, 2.24) is 0 Å². The van der Waals surface area contributed by atoms with Crippen LogP contribution in [0.3, 0.4) is 0 Å². The van der Waals surface area contributed by atoms with Crippen LogP contribution in [-0.2, 0) is 5.60 Å². The summed E-state index contributed by atoms with van der Waals surface area (Å²) in [5.74, 6) is 1.24. The monoisotopic (exact) mass is 386 g/mol. The summed E-state index contributed by atoms with van der Waals surface area (Å²) in [4.78, 5) is 0. The second-order valence-corrected chi connectivity index (χ2v) is 6.89. The minimum Gasteiger partial charge on any atom is -0.508 e. The zero-order valence-corrected chi connectivity index (χ0v) is 16.3. The van der Waals surface area contributed by atoms with Gasteiger partial charge in [0, 0.05) is 5.56 Å². The van der Waals surface area contributed by atoms with Crippen molar-refractivity contribution in [3.8, 4) is 17.2 Å². The van der Waals surface area contributed by atoms with Crippen LogP contribution in [0.5, 0.6) is 17.2 Å². The van der Waals surface area contributed by atoms with Gasteiger partial charge in [0.2, 0.25) is 0 Å². The van der Waals surface area contributed by atoms with Crippen LogP contribution in [0.1, 0.15) is 16.7 Å². The maximum atomic E-state index is 12.1. The summed E-state index contributed by atoms with van der Waals surface area (Å²) in [6, 6.07) is 25.7. The van der Waals surface area contributed by atoms with Crippen LogP contribution in [-0.4, -0.2) is 24.4 Å². The van der Waals surface area contributed by atoms with Gasteiger partial charge in [0.25, 0.3) is 0 Å². The largest absolute Gasteiger partial charge is 0.508 e. The minimum atomic E-state index is -1.61. The third-order valence-electron chi connectivity index (χ3n) is 5.23. The summed E-state index contributed by atoms with van der Waals surface area (Å²) in [5, 5.41) is 24.8. The Bertz CT molecular complexity index is 1120. The fourth-order valence-corrected chi connectivity index (χ4v) is 3.69. The fraction of sp³-hybridized carbons (Fsp3) is 0.120. The molecule has 146 valence electrons. The maximum Gasteiger partial charge on any atom is 0.144 e. The van der Waals surface area contributed by atoms with Crippen LogP contribution in [0.2, 0.25) is 0 Å². The normalized spacial score (nSPS) is 11.4. The van der Waals surface area contributed by atoms with Gasteiger partial charge in [0.15, 0.2) is 0 Å². The second-order valence-electron chi connectivity index (χ2n) is 6.89. The van der Waals surface area contributed by atoms with Crippen LogP contribution in [0, 0.1) is 0 Å². The molecule has 0 aliphatic carbocycles. The summed E-state index contributed by atoms with van der Waals surface area (Å²) in [6.45, 7) is 0. The maximum absolute atomic E-state index is 12.1. The van der Waals surface area contributed by atoms with E-state index in [0.29, 0.717) is 28.2 Å². The molecule has 2 N–H and O–H groups in total. The van der Waals surface area contributed by atoms with Crippen LogP contribution >= 0.6 is 0 Å². The van der Waals surface area contributed by atoms with Crippen molar-refractivity contribution in [2.45, 2.75) is 5.60 Å². The molecule has 29 heavy (non-hydrogen) atoms. The van der Waals surface area contributed by atoms with Crippen LogP contribution in [0.25, 0.3) is 10.8 Å². The number of phenolic OH excluding ortho intramolecular Hbond substituents is 1. The fourth-order valence-electron chi connectivity index (χ4n) is 3.69. The number of aromatic hydroxyl groups is 1. The van der Waals surface area contributed by atoms with Gasteiger partial charge in [-0.25, -0.2) is 0 Å². The van der Waals surface area contributed by atoms with E-state index in [9.17, 15) is 10.2 Å². The van der Waals surface area contributed by atoms with Crippen molar-refractivity contribution in [3.63, 3.8) is 0 Å². The Balaban J connectivity index is 2.04. The quantitative estimate of drug-likeness (QED) is 0.482. The lowest BCUT2D eigenvalue weighted by Gasteiger charge is -2.31. The summed E-state index contributed by atoms with van der Waals surface area (Å²) >= 11 is 0. The Morgan fingerprint density at radius 3 is 1.69 bits per heavy atom. The molecule has 0 aliphatic rings. The molecule has 0 aliphatic heterocycles. The molecular weight excluding hydrogens is 364 g/mol. The van der Waals surface area contributed by atoms with E-state index < -0.39 is 5.60 Å². The highest BCUT2D eigenvalue weighted by atomic mass is 16.5. The first kappa shape index (κ1) is 18.8. The van der Waals surface area contributed by atoms with E-state index in [1.165, 1.54) is 0 Å². The van der Waals surface area contributed by atoms with Crippen molar-refractivity contribution < 1.29 is 19.7 Å². The van der Waals surface area contributed by atoms with Crippen LogP contribution < -0.4 is 9.47 Å². The molecule has 0 spiro atoms. The summed E-state index contributed by atoms with van der Waals surface area (Å²) < 4.78 is 10.7. The zero-order chi connectivity index (χ0) is 20.4. The van der Waals surface area contributed by atoms with E-state index >= 15 is 0 Å². The predicted octanol–water partition coefficient (Wildman–Crippen LogP) is 4.85. The third-order valence-corrected chi connectivity index (χ3v) is 5.23. The number of ether oxygens (including phenoxy) is 2. The molecule has 4 heteroatoms. The molecule has 0 aromatic heterocycles. The molecule has 0 atom stereocenters. The van der Waals surface area contributed by atoms with Gasteiger partial charge in [0.05, 0.1) is 14.2 Å². The number of hydrogen-bond donors (Lipinski definition) is 2. The van der Waals surface area contributed by atoms with Crippen molar-refractivity contribution in [2.24, 2.45) is 0 Å². The molecule has 0 bridgehead atoms. The van der Waals surface area contributed by atoms with Crippen molar-refractivity contribution >= 4 is 10.8 Å². The van der Waals surface area contributed by atoms with Crippen molar-refractivity contribution in [3.05, 3.63) is 102 Å². The summed E-state index contributed by atoms with van der Waals surface area (Å²) in [6.07, 6.45) is 0. The van der Waals surface area contributed by atoms with Gasteiger partial charge in [0.1, 0.15) is 22.8 Å². The number of rotatable bonds is 5. The number of methoxy groups -OCH3 is 2. The molecule has 0 saturated heterocycles. The molecule has 0 saturated carbocycles. The van der Waals surface area contributed by atoms with E-state index in [0.717, 1.165) is 10.8 Å². The lowest BCUT2D eigenvalue weighted by molar-refractivity contribution is 0.122. The predicted molar refractivity (Wildman–Crippen MR) is 114 cm³/mol. The molecule has 4 rings (SSSR count). The van der Waals surface area contributed by atoms with Gasteiger partial charge in [-0.2, -0.15) is 0 Å². The highest BCUT2D eigenvalue weighted by molar-refractivity contribution is 5.85. The number of aliphatic hydroxyl groups is 1. The summed E-state index contributed by atoms with van der Waals surface area (Å²) in [5.41, 5.74) is -0.0685. The van der Waals surface area contributed by atoms with E-state index in [2.05, 4.69) is 0 Å². The van der Waals surface area contributed by atoms with Gasteiger partial charge >= 0.3 is 0 Å². The molecule has 4 aromatic carbocycles. The number of hydrogen-bond acceptors (Lipinski definition) is 4. The highest BCUT2D eigenvalue weighted by Crippen LogP contribution is 2.43. The Morgan fingerprint density at radius 1 is 0.655 bits per heavy atom. The third kappa shape index (κ3) is 3.28. The summed E-state index contributed by atoms with van der Waals surface area (Å²) in [7, 11) is 3.16. The van der Waals surface area contributed by atoms with Crippen molar-refractivity contribution in [1.29, 1.82) is 0 Å². The molecule has 0 unspecified atom stereocenters. The molecule has 4 aromatic rings. The first-order valence-corrected chi connectivity index (χ1v) is 9.30. The zero-order valence-electron chi connectivity index (χ0n) is 16.3. The Labute approximate surface area is 169 Å². The number of benzene rings is 4. The topological polar surface area (TPSA) is 58.9 Å². The molecule has 0 heterocycles. The van der Waals surface area contributed by atoms with Gasteiger partial charge in [-0.1, -0.05) is 48.5 Å². The smallest absolute Gasteiger partial charge is 0.144 e. The Morgan fingerprint density at radius 2 is 1.17 bits per heavy atom. The Hall–Kier alpha value is -3.50. The number of phenols is 1. The lowest BCUT2D eigenvalue weighted by Crippen LogP contribution is -2.29. The average Bonchev–Trinajstić information content (AvgIpc) is 2.78. The molecule has 0 fully saturated rings. The van der Waals surface area contributed by atoms with Crippen molar-refractivity contribution in [2.75, 3.05) is 14.2 Å². The lowest BCUT2D eigenvalue weighted by atomic mass is 9.79. The van der Waals surface area contributed by atoms with E-state index in [1.54, 1.807) is 32.4 Å². The number of fused-ring (bicyclic) bond motifs is 1. The first-order valence-electron chi connectivity index (χ1n) is 9.30. The minimum absolute atomic E-state index is 0.0110. The van der Waals surface area contributed by atoms with Gasteiger partial charge in [-0.05, 0) is 58.3 Å². The standard InChI is InChI=1S/C25H22O4/c1-28-21-11-5-9-19(15-21)25(27,20-10-6-12-22(16-20)29-2)23-13-17-7-3-4-8-18(17)14-24(23)26/h3-16,26-27H,1-2H3. The average molecular weight is 386 g/mol. The highest BCUT2D eigenvalue weighted by Gasteiger charge is 2.37. The Kier molecular flexibility index (Phi) is 4.87. The second kappa shape index (κ2) is 7.49. The van der Waals surface area contributed by atoms with Gasteiger partial charge in [-0.15, -0.1) is 0 Å². The molecule has 0 radical (unpaired) electrons. The van der Waals surface area contributed by atoms with E-state index in [-0.39, 0.29) is 5.75 Å². The molecular formula is C25H22O4. The molecule has 0 amide bonds. The van der Waals surface area contributed by atoms with Gasteiger partial charge in [-0.3, -0.25) is 0 Å². The van der Waals surface area contributed by atoms with E-state index in [1.807, 2.05) is 66.7 Å².